The van der Waals surface area contributed by atoms with E-state index in [-0.39, 0.29) is 48.4 Å². The number of amides is 2. The number of imidazole rings is 1. The van der Waals surface area contributed by atoms with Crippen LogP contribution >= 0.6 is 27.5 Å². The van der Waals surface area contributed by atoms with Gasteiger partial charge in [-0.2, -0.15) is 0 Å². The number of hydrogen-bond acceptors (Lipinski definition) is 5. The number of benzene rings is 3. The van der Waals surface area contributed by atoms with Crippen molar-refractivity contribution in [3.63, 3.8) is 0 Å². The van der Waals surface area contributed by atoms with Gasteiger partial charge in [0.15, 0.2) is 9.84 Å². The van der Waals surface area contributed by atoms with Crippen molar-refractivity contribution in [2.45, 2.75) is 24.5 Å². The molecule has 1 aromatic heterocycles. The van der Waals surface area contributed by atoms with E-state index in [0.29, 0.717) is 20.8 Å². The van der Waals surface area contributed by atoms with E-state index in [1.54, 1.807) is 29.2 Å². The first-order valence-corrected chi connectivity index (χ1v) is 15.3. The number of fused-ring (bicyclic) bond motifs is 1. The van der Waals surface area contributed by atoms with Gasteiger partial charge >= 0.3 is 5.69 Å². The molecule has 0 bridgehead atoms. The highest BCUT2D eigenvalue weighted by atomic mass is 79.9. The standard InChI is InChI=1S/C28H24BrClN4O5S/c1-40(38,39)21-9-5-8-20(15-21)34-25(26(35)31-16-18-6-3-2-4-7-18)24-17-32(12-13-33(24)28(34)37)27(36)19-10-11-22(29)23(30)14-19/h2-11,14-15H,12-13,16-17H2,1H3,(H,31,35). The maximum atomic E-state index is 13.7. The molecule has 4 aromatic rings. The number of halogens is 2. The third-order valence-electron chi connectivity index (χ3n) is 6.65. The summed E-state index contributed by atoms with van der Waals surface area (Å²) >= 11 is 9.53. The fourth-order valence-electron chi connectivity index (χ4n) is 4.63. The van der Waals surface area contributed by atoms with E-state index in [9.17, 15) is 22.8 Å². The number of aromatic nitrogens is 2. The summed E-state index contributed by atoms with van der Waals surface area (Å²) in [5, 5.41) is 3.25. The largest absolute Gasteiger partial charge is 0.347 e. The van der Waals surface area contributed by atoms with E-state index in [1.165, 1.54) is 27.3 Å². The summed E-state index contributed by atoms with van der Waals surface area (Å²) in [4.78, 5) is 42.3. The molecule has 0 fully saturated rings. The molecule has 5 rings (SSSR count). The quantitative estimate of drug-likeness (QED) is 0.341. The van der Waals surface area contributed by atoms with Crippen LogP contribution in [0.2, 0.25) is 5.02 Å². The third kappa shape index (κ3) is 5.49. The molecule has 9 nitrogen and oxygen atoms in total. The lowest BCUT2D eigenvalue weighted by atomic mass is 10.1. The Morgan fingerprint density at radius 1 is 1.00 bits per heavy atom. The Kier molecular flexibility index (Phi) is 7.72. The molecule has 0 saturated heterocycles. The zero-order chi connectivity index (χ0) is 28.6. The molecule has 0 unspecified atom stereocenters. The molecular formula is C28H24BrClN4O5S. The van der Waals surface area contributed by atoms with Gasteiger partial charge in [0.2, 0.25) is 0 Å². The SMILES string of the molecule is CS(=O)(=O)c1cccc(-n2c(C(=O)NCc3ccccc3)c3n(c2=O)CCN(C(=O)c2ccc(Br)c(Cl)c2)C3)c1. The Labute approximate surface area is 244 Å². The van der Waals surface area contributed by atoms with Gasteiger partial charge in [0, 0.05) is 35.9 Å². The van der Waals surface area contributed by atoms with E-state index in [4.69, 9.17) is 11.6 Å². The number of sulfone groups is 1. The molecule has 0 radical (unpaired) electrons. The maximum absolute atomic E-state index is 13.7. The molecular weight excluding hydrogens is 620 g/mol. The predicted molar refractivity (Wildman–Crippen MR) is 155 cm³/mol. The first-order valence-electron chi connectivity index (χ1n) is 12.3. The van der Waals surface area contributed by atoms with E-state index < -0.39 is 21.4 Å². The van der Waals surface area contributed by atoms with Gasteiger partial charge in [-0.1, -0.05) is 48.0 Å². The summed E-state index contributed by atoms with van der Waals surface area (Å²) in [6.45, 7) is 0.594. The van der Waals surface area contributed by atoms with Gasteiger partial charge in [0.25, 0.3) is 11.8 Å². The normalized spacial score (nSPS) is 13.1. The summed E-state index contributed by atoms with van der Waals surface area (Å²) in [6, 6.07) is 20.1. The highest BCUT2D eigenvalue weighted by Gasteiger charge is 2.32. The van der Waals surface area contributed by atoms with Gasteiger partial charge in [-0.05, 0) is 57.9 Å². The van der Waals surface area contributed by atoms with Crippen molar-refractivity contribution in [1.82, 2.24) is 19.4 Å². The Balaban J connectivity index is 1.58. The average Bonchev–Trinajstić information content (AvgIpc) is 3.24. The minimum absolute atomic E-state index is 0.00534. The molecule has 0 atom stereocenters. The first kappa shape index (κ1) is 27.9. The molecule has 12 heteroatoms. The molecule has 1 aliphatic rings. The van der Waals surface area contributed by atoms with Gasteiger partial charge in [0.05, 0.1) is 27.8 Å². The average molecular weight is 644 g/mol. The van der Waals surface area contributed by atoms with Crippen molar-refractivity contribution in [3.05, 3.63) is 115 Å². The highest BCUT2D eigenvalue weighted by Crippen LogP contribution is 2.26. The predicted octanol–water partition coefficient (Wildman–Crippen LogP) is 4.04. The van der Waals surface area contributed by atoms with Crippen LogP contribution in [0.1, 0.15) is 32.1 Å². The van der Waals surface area contributed by atoms with Crippen LogP contribution in [0.5, 0.6) is 0 Å². The second-order valence-electron chi connectivity index (χ2n) is 9.36. The Morgan fingerprint density at radius 2 is 1.75 bits per heavy atom. The van der Waals surface area contributed by atoms with Crippen LogP contribution in [0, 0.1) is 0 Å². The monoisotopic (exact) mass is 642 g/mol. The van der Waals surface area contributed by atoms with Crippen LogP contribution in [-0.2, 0) is 29.5 Å². The molecule has 0 aliphatic carbocycles. The van der Waals surface area contributed by atoms with Gasteiger partial charge in [-0.3, -0.25) is 18.7 Å². The van der Waals surface area contributed by atoms with Crippen molar-refractivity contribution >= 4 is 49.2 Å². The van der Waals surface area contributed by atoms with E-state index in [1.807, 2.05) is 30.3 Å². The van der Waals surface area contributed by atoms with Crippen molar-refractivity contribution in [1.29, 1.82) is 0 Å². The van der Waals surface area contributed by atoms with Crippen molar-refractivity contribution in [2.75, 3.05) is 12.8 Å². The molecule has 206 valence electrons. The van der Waals surface area contributed by atoms with Gasteiger partial charge in [-0.25, -0.2) is 13.2 Å². The number of nitrogens with zero attached hydrogens (tertiary/aromatic N) is 3. The number of rotatable bonds is 6. The molecule has 1 N–H and O–H groups in total. The Morgan fingerprint density at radius 3 is 2.45 bits per heavy atom. The molecule has 2 amide bonds. The number of nitrogens with one attached hydrogen (secondary N) is 1. The van der Waals surface area contributed by atoms with Crippen LogP contribution in [0.15, 0.2) is 87.0 Å². The Hall–Kier alpha value is -3.67. The topological polar surface area (TPSA) is 110 Å². The van der Waals surface area contributed by atoms with E-state index in [0.717, 1.165) is 11.8 Å². The first-order chi connectivity index (χ1) is 19.0. The lowest BCUT2D eigenvalue weighted by Crippen LogP contribution is -2.41. The highest BCUT2D eigenvalue weighted by molar-refractivity contribution is 9.10. The summed E-state index contributed by atoms with van der Waals surface area (Å²) < 4.78 is 27.8. The molecule has 1 aliphatic heterocycles. The molecule has 40 heavy (non-hydrogen) atoms. The zero-order valence-corrected chi connectivity index (χ0v) is 24.5. The zero-order valence-electron chi connectivity index (χ0n) is 21.3. The van der Waals surface area contributed by atoms with Crippen LogP contribution in [-0.4, -0.2) is 47.1 Å². The minimum Gasteiger partial charge on any atom is -0.347 e. The summed E-state index contributed by atoms with van der Waals surface area (Å²) in [7, 11) is -3.57. The van der Waals surface area contributed by atoms with Crippen molar-refractivity contribution in [3.8, 4) is 5.69 Å². The lowest BCUT2D eigenvalue weighted by Gasteiger charge is -2.28. The number of carbonyl (C=O) groups is 2. The molecule has 2 heterocycles. The summed E-state index contributed by atoms with van der Waals surface area (Å²) in [5.74, 6) is -0.823. The van der Waals surface area contributed by atoms with Crippen molar-refractivity contribution < 1.29 is 18.0 Å². The summed E-state index contributed by atoms with van der Waals surface area (Å²) in [5.41, 5.74) is 1.36. The second kappa shape index (κ2) is 11.1. The van der Waals surface area contributed by atoms with Crippen LogP contribution in [0.3, 0.4) is 0 Å². The smallest absolute Gasteiger partial charge is 0.333 e. The van der Waals surface area contributed by atoms with Crippen LogP contribution < -0.4 is 11.0 Å². The van der Waals surface area contributed by atoms with Crippen molar-refractivity contribution in [2.24, 2.45) is 0 Å². The van der Waals surface area contributed by atoms with Gasteiger partial charge in [-0.15, -0.1) is 0 Å². The van der Waals surface area contributed by atoms with E-state index >= 15 is 0 Å². The number of hydrogen-bond donors (Lipinski definition) is 1. The molecule has 0 saturated carbocycles. The third-order valence-corrected chi connectivity index (χ3v) is 8.99. The minimum atomic E-state index is -3.57. The van der Waals surface area contributed by atoms with Gasteiger partial charge < -0.3 is 10.2 Å². The van der Waals surface area contributed by atoms with Gasteiger partial charge in [0.1, 0.15) is 5.69 Å². The maximum Gasteiger partial charge on any atom is 0.333 e. The van der Waals surface area contributed by atoms with E-state index in [2.05, 4.69) is 21.2 Å². The van der Waals surface area contributed by atoms with Crippen LogP contribution in [0.4, 0.5) is 0 Å². The lowest BCUT2D eigenvalue weighted by molar-refractivity contribution is 0.0706. The molecule has 3 aromatic carbocycles. The second-order valence-corrected chi connectivity index (χ2v) is 12.6. The molecule has 0 spiro atoms. The number of carbonyl (C=O) groups excluding carboxylic acids is 2. The fraction of sp³-hybridized carbons (Fsp3) is 0.179. The Bertz CT molecular complexity index is 1800. The summed E-state index contributed by atoms with van der Waals surface area (Å²) in [6.07, 6.45) is 1.07. The van der Waals surface area contributed by atoms with Crippen LogP contribution in [0.25, 0.3) is 5.69 Å². The fourth-order valence-corrected chi connectivity index (χ4v) is 5.72.